The predicted molar refractivity (Wildman–Crippen MR) is 98.3 cm³/mol. The largest absolute Gasteiger partial charge is 0.470 e. The molecule has 0 aliphatic carbocycles. The fourth-order valence-electron chi connectivity index (χ4n) is 2.94. The van der Waals surface area contributed by atoms with Crippen molar-refractivity contribution in [1.29, 1.82) is 0 Å². The maximum Gasteiger partial charge on any atom is 0.240 e. The molecule has 0 fully saturated rings. The Morgan fingerprint density at radius 2 is 1.89 bits per heavy atom. The molecule has 28 heavy (non-hydrogen) atoms. The van der Waals surface area contributed by atoms with Crippen LogP contribution in [0.3, 0.4) is 0 Å². The number of aliphatic hydroxyl groups excluding tert-OH is 1. The van der Waals surface area contributed by atoms with E-state index in [0.717, 1.165) is 16.5 Å². The summed E-state index contributed by atoms with van der Waals surface area (Å²) in [7, 11) is 0. The van der Waals surface area contributed by atoms with Crippen molar-refractivity contribution in [2.24, 2.45) is 0 Å². The van der Waals surface area contributed by atoms with Gasteiger partial charge in [0.2, 0.25) is 11.7 Å². The highest BCUT2D eigenvalue weighted by atomic mass is 16.5. The fourth-order valence-corrected chi connectivity index (χ4v) is 2.94. The number of hydrogen-bond acceptors (Lipinski definition) is 8. The minimum absolute atomic E-state index is 0.251. The molecule has 4 aromatic heterocycles. The van der Waals surface area contributed by atoms with E-state index >= 15 is 0 Å². The van der Waals surface area contributed by atoms with Crippen LogP contribution in [0.4, 0.5) is 0 Å². The van der Waals surface area contributed by atoms with Crippen LogP contribution >= 0.6 is 0 Å². The second-order valence-corrected chi connectivity index (χ2v) is 6.06. The van der Waals surface area contributed by atoms with Crippen LogP contribution < -0.4 is 4.74 Å². The molecule has 5 aromatic rings. The zero-order chi connectivity index (χ0) is 18.9. The molecule has 0 aliphatic heterocycles. The van der Waals surface area contributed by atoms with E-state index in [-0.39, 0.29) is 13.2 Å². The molecule has 0 unspecified atom stereocenters. The van der Waals surface area contributed by atoms with Gasteiger partial charge in [-0.05, 0) is 18.2 Å². The highest BCUT2D eigenvalue weighted by Crippen LogP contribution is 2.29. The number of hydrogen-bond donors (Lipinski definition) is 1. The maximum absolute atomic E-state index is 9.21. The number of ether oxygens (including phenoxy) is 1. The zero-order valence-electron chi connectivity index (χ0n) is 14.6. The Labute approximate surface area is 158 Å². The molecule has 138 valence electrons. The van der Waals surface area contributed by atoms with Crippen molar-refractivity contribution in [2.45, 2.75) is 13.2 Å². The van der Waals surface area contributed by atoms with Gasteiger partial charge in [0, 0.05) is 23.0 Å². The smallest absolute Gasteiger partial charge is 0.240 e. The molecule has 0 spiro atoms. The fraction of sp³-hybridized carbons (Fsp3) is 0.105. The van der Waals surface area contributed by atoms with Gasteiger partial charge >= 0.3 is 0 Å². The van der Waals surface area contributed by atoms with Crippen LogP contribution in [-0.4, -0.2) is 35.1 Å². The molecule has 9 nitrogen and oxygen atoms in total. The van der Waals surface area contributed by atoms with Crippen molar-refractivity contribution in [2.75, 3.05) is 0 Å². The summed E-state index contributed by atoms with van der Waals surface area (Å²) in [6, 6.07) is 14.9. The third-order valence-corrected chi connectivity index (χ3v) is 4.26. The van der Waals surface area contributed by atoms with Gasteiger partial charge in [-0.25, -0.2) is 0 Å². The first-order valence-electron chi connectivity index (χ1n) is 8.57. The molecule has 0 saturated heterocycles. The minimum Gasteiger partial charge on any atom is -0.470 e. The minimum atomic E-state index is -0.251. The van der Waals surface area contributed by atoms with Crippen molar-refractivity contribution in [1.82, 2.24) is 30.0 Å². The first kappa shape index (κ1) is 16.3. The van der Waals surface area contributed by atoms with Crippen LogP contribution in [0.15, 0.2) is 59.3 Å². The molecule has 9 heteroatoms. The molecule has 0 aliphatic rings. The topological polar surface area (TPSA) is 111 Å². The number of nitrogens with zero attached hydrogens (tertiary/aromatic N) is 6. The van der Waals surface area contributed by atoms with Crippen molar-refractivity contribution in [3.05, 3.63) is 66.2 Å². The summed E-state index contributed by atoms with van der Waals surface area (Å²) < 4.78 is 12.6. The van der Waals surface area contributed by atoms with Gasteiger partial charge in [-0.1, -0.05) is 29.4 Å². The summed E-state index contributed by atoms with van der Waals surface area (Å²) in [5.41, 5.74) is 1.79. The number of fused-ring (bicyclic) bond motifs is 3. The molecule has 5 rings (SSSR count). The van der Waals surface area contributed by atoms with Gasteiger partial charge < -0.3 is 14.4 Å². The summed E-state index contributed by atoms with van der Waals surface area (Å²) in [4.78, 5) is 4.27. The lowest BCUT2D eigenvalue weighted by molar-refractivity contribution is 0.229. The highest BCUT2D eigenvalue weighted by Gasteiger charge is 2.18. The van der Waals surface area contributed by atoms with Gasteiger partial charge in [0.1, 0.15) is 13.2 Å². The molecule has 0 amide bonds. The quantitative estimate of drug-likeness (QED) is 0.499. The zero-order valence-corrected chi connectivity index (χ0v) is 14.6. The number of pyridine rings is 1. The number of rotatable bonds is 5. The number of benzene rings is 1. The lowest BCUT2D eigenvalue weighted by Crippen LogP contribution is -2.04. The lowest BCUT2D eigenvalue weighted by Gasteiger charge is -2.09. The molecule has 0 atom stereocenters. The molecule has 1 aromatic carbocycles. The van der Waals surface area contributed by atoms with Gasteiger partial charge in [-0.3, -0.25) is 4.98 Å². The number of aromatic nitrogens is 6. The Bertz CT molecular complexity index is 1260. The van der Waals surface area contributed by atoms with E-state index in [1.54, 1.807) is 16.8 Å². The summed E-state index contributed by atoms with van der Waals surface area (Å²) in [5, 5.41) is 27.9. The molecular weight excluding hydrogens is 360 g/mol. The van der Waals surface area contributed by atoms with Crippen LogP contribution in [0.25, 0.3) is 27.9 Å². The van der Waals surface area contributed by atoms with E-state index in [9.17, 15) is 5.11 Å². The van der Waals surface area contributed by atoms with Crippen molar-refractivity contribution in [3.63, 3.8) is 0 Å². The molecule has 1 N–H and O–H groups in total. The molecule has 0 radical (unpaired) electrons. The van der Waals surface area contributed by atoms with E-state index in [1.807, 2.05) is 42.5 Å². The van der Waals surface area contributed by atoms with E-state index < -0.39 is 0 Å². The third-order valence-electron chi connectivity index (χ3n) is 4.26. The van der Waals surface area contributed by atoms with Crippen molar-refractivity contribution < 1.29 is 14.4 Å². The highest BCUT2D eigenvalue weighted by molar-refractivity contribution is 5.96. The Kier molecular flexibility index (Phi) is 3.91. The SMILES string of the molecule is OCc1cc(-c2nnc3c4ccccc4c(OCc4ccccn4)nn23)no1. The Balaban J connectivity index is 1.64. The summed E-state index contributed by atoms with van der Waals surface area (Å²) in [6.07, 6.45) is 1.72. The van der Waals surface area contributed by atoms with Crippen LogP contribution in [0, 0.1) is 0 Å². The van der Waals surface area contributed by atoms with Crippen LogP contribution in [0.2, 0.25) is 0 Å². The van der Waals surface area contributed by atoms with E-state index in [1.165, 1.54) is 0 Å². The van der Waals surface area contributed by atoms with Gasteiger partial charge in [0.25, 0.3) is 0 Å². The monoisotopic (exact) mass is 374 g/mol. The van der Waals surface area contributed by atoms with Crippen LogP contribution in [0.5, 0.6) is 5.88 Å². The number of aliphatic hydroxyl groups is 1. The van der Waals surface area contributed by atoms with Gasteiger partial charge in [0.15, 0.2) is 17.1 Å². The predicted octanol–water partition coefficient (Wildman–Crippen LogP) is 2.40. The molecule has 4 heterocycles. The van der Waals surface area contributed by atoms with Crippen molar-refractivity contribution in [3.8, 4) is 17.4 Å². The van der Waals surface area contributed by atoms with Crippen LogP contribution in [0.1, 0.15) is 11.5 Å². The van der Waals surface area contributed by atoms with Crippen LogP contribution in [-0.2, 0) is 13.2 Å². The Hall–Kier alpha value is -3.85. The molecular formula is C19H14N6O3. The van der Waals surface area contributed by atoms with Gasteiger partial charge in [-0.2, -0.15) is 4.52 Å². The first-order chi connectivity index (χ1) is 13.8. The average molecular weight is 374 g/mol. The van der Waals surface area contributed by atoms with E-state index in [0.29, 0.717) is 28.8 Å². The summed E-state index contributed by atoms with van der Waals surface area (Å²) >= 11 is 0. The van der Waals surface area contributed by atoms with Gasteiger partial charge in [0.05, 0.1) is 5.69 Å². The second kappa shape index (κ2) is 6.71. The van der Waals surface area contributed by atoms with E-state index in [2.05, 4.69) is 25.4 Å². The molecule has 0 bridgehead atoms. The Morgan fingerprint density at radius 3 is 2.68 bits per heavy atom. The standard InChI is InChI=1S/C19H14N6O3/c26-10-13-9-16(24-28-13)18-22-21-17-14-6-1-2-7-15(14)19(23-25(17)18)27-11-12-5-3-4-8-20-12/h1-9,26H,10-11H2. The third kappa shape index (κ3) is 2.74. The summed E-state index contributed by atoms with van der Waals surface area (Å²) in [5.74, 6) is 1.16. The van der Waals surface area contributed by atoms with Crippen molar-refractivity contribution >= 4 is 16.4 Å². The first-order valence-corrected chi connectivity index (χ1v) is 8.57. The molecule has 0 saturated carbocycles. The van der Waals surface area contributed by atoms with Gasteiger partial charge in [-0.15, -0.1) is 15.3 Å². The average Bonchev–Trinajstić information content (AvgIpc) is 3.39. The normalized spacial score (nSPS) is 11.3. The lowest BCUT2D eigenvalue weighted by atomic mass is 10.2. The summed E-state index contributed by atoms with van der Waals surface area (Å²) in [6.45, 7) is 0.0257. The maximum atomic E-state index is 9.21. The Morgan fingerprint density at radius 1 is 1.04 bits per heavy atom. The van der Waals surface area contributed by atoms with E-state index in [4.69, 9.17) is 9.26 Å². The second-order valence-electron chi connectivity index (χ2n) is 6.06.